The van der Waals surface area contributed by atoms with Gasteiger partial charge in [0.25, 0.3) is 0 Å². The minimum absolute atomic E-state index is 0.0878. The number of nitrogens with two attached hydrogens (primary N) is 1. The molecule has 1 aromatic carbocycles. The number of azo groups is 1. The summed E-state index contributed by atoms with van der Waals surface area (Å²) >= 11 is 0. The second kappa shape index (κ2) is 3.44. The van der Waals surface area contributed by atoms with E-state index in [-0.39, 0.29) is 6.04 Å². The summed E-state index contributed by atoms with van der Waals surface area (Å²) < 4.78 is 0. The normalized spacial score (nSPS) is 28.1. The van der Waals surface area contributed by atoms with Crippen molar-refractivity contribution in [1.82, 2.24) is 0 Å². The molecule has 1 aliphatic heterocycles. The topological polar surface area (TPSA) is 50.7 Å². The zero-order valence-corrected chi connectivity index (χ0v) is 9.35. The fraction of sp³-hybridized carbons (Fsp3) is 0.385. The monoisotopic (exact) mass is 213 g/mol. The molecule has 1 aromatic rings. The quantitative estimate of drug-likeness (QED) is 0.683. The van der Waals surface area contributed by atoms with Crippen LogP contribution in [0.1, 0.15) is 24.8 Å². The second-order valence-electron chi connectivity index (χ2n) is 4.38. The lowest BCUT2D eigenvalue weighted by Crippen LogP contribution is -2.30. The highest BCUT2D eigenvalue weighted by Gasteiger charge is 2.34. The van der Waals surface area contributed by atoms with Gasteiger partial charge in [-0.25, -0.2) is 0 Å². The third-order valence-electron chi connectivity index (χ3n) is 3.57. The Bertz CT molecular complexity index is 571. The molecular formula is C13H15N3. The first kappa shape index (κ1) is 9.58. The average Bonchev–Trinajstić information content (AvgIpc) is 2.64. The minimum atomic E-state index is 0.0878. The first-order valence-electron chi connectivity index (χ1n) is 5.74. The van der Waals surface area contributed by atoms with Crippen LogP contribution in [0.4, 0.5) is 0 Å². The van der Waals surface area contributed by atoms with Gasteiger partial charge < -0.3 is 5.73 Å². The molecule has 3 nitrogen and oxygen atoms in total. The van der Waals surface area contributed by atoms with Crippen LogP contribution in [0.15, 0.2) is 28.4 Å². The molecule has 0 amide bonds. The van der Waals surface area contributed by atoms with Crippen molar-refractivity contribution in [1.29, 1.82) is 0 Å². The van der Waals surface area contributed by atoms with Gasteiger partial charge in [-0.3, -0.25) is 0 Å². The maximum Gasteiger partial charge on any atom is 0.117 e. The van der Waals surface area contributed by atoms with Crippen LogP contribution < -0.4 is 16.2 Å². The predicted molar refractivity (Wildman–Crippen MR) is 64.3 cm³/mol. The number of benzene rings is 1. The fourth-order valence-electron chi connectivity index (χ4n) is 2.80. The van der Waals surface area contributed by atoms with Gasteiger partial charge in [-0.2, -0.15) is 10.2 Å². The third-order valence-corrected chi connectivity index (χ3v) is 3.57. The number of rotatable bonds is 0. The van der Waals surface area contributed by atoms with Crippen LogP contribution in [-0.4, -0.2) is 12.6 Å². The van der Waals surface area contributed by atoms with Crippen molar-refractivity contribution in [3.63, 3.8) is 0 Å². The molecule has 0 fully saturated rings. The smallest absolute Gasteiger partial charge is 0.117 e. The Morgan fingerprint density at radius 3 is 3.12 bits per heavy atom. The van der Waals surface area contributed by atoms with Crippen molar-refractivity contribution in [2.45, 2.75) is 25.3 Å². The van der Waals surface area contributed by atoms with Crippen LogP contribution in [0.3, 0.4) is 0 Å². The molecule has 16 heavy (non-hydrogen) atoms. The van der Waals surface area contributed by atoms with E-state index in [1.54, 1.807) is 0 Å². The Labute approximate surface area is 94.4 Å². The summed E-state index contributed by atoms with van der Waals surface area (Å²) in [5, 5.41) is 10.9. The maximum absolute atomic E-state index is 6.22. The van der Waals surface area contributed by atoms with E-state index in [9.17, 15) is 0 Å². The molecule has 2 N–H and O–H groups in total. The standard InChI is InChI=1S/C13H15N3/c1-2-8-4-3-5-9-10-6-7-15-16-13(10)12(14)11(8)9/h2-5,10,13H,6-7,14H2,1H3/b8-2-. The molecule has 0 saturated heterocycles. The Morgan fingerprint density at radius 2 is 2.31 bits per heavy atom. The summed E-state index contributed by atoms with van der Waals surface area (Å²) in [6, 6.07) is 6.49. The molecular weight excluding hydrogens is 198 g/mol. The highest BCUT2D eigenvalue weighted by atomic mass is 15.1. The Balaban J connectivity index is 2.35. The molecule has 2 aliphatic rings. The van der Waals surface area contributed by atoms with E-state index >= 15 is 0 Å². The molecule has 1 heterocycles. The van der Waals surface area contributed by atoms with Gasteiger partial charge in [-0.05, 0) is 24.1 Å². The van der Waals surface area contributed by atoms with Crippen LogP contribution in [0, 0.1) is 0 Å². The van der Waals surface area contributed by atoms with Crippen molar-refractivity contribution in [3.05, 3.63) is 34.2 Å². The van der Waals surface area contributed by atoms with Crippen LogP contribution in [0.2, 0.25) is 0 Å². The lowest BCUT2D eigenvalue weighted by molar-refractivity contribution is 0.517. The molecule has 3 rings (SSSR count). The predicted octanol–water partition coefficient (Wildman–Crippen LogP) is 0.876. The number of nitrogens with zero attached hydrogens (tertiary/aromatic N) is 2. The van der Waals surface area contributed by atoms with Gasteiger partial charge >= 0.3 is 0 Å². The first-order chi connectivity index (χ1) is 7.83. The largest absolute Gasteiger partial charge is 0.400 e. The fourth-order valence-corrected chi connectivity index (χ4v) is 2.80. The molecule has 0 spiro atoms. The van der Waals surface area contributed by atoms with E-state index in [4.69, 9.17) is 5.73 Å². The summed E-state index contributed by atoms with van der Waals surface area (Å²) in [4.78, 5) is 0. The van der Waals surface area contributed by atoms with Gasteiger partial charge in [0, 0.05) is 16.8 Å². The number of hydrogen-bond acceptors (Lipinski definition) is 3. The summed E-state index contributed by atoms with van der Waals surface area (Å²) in [6.07, 6.45) is 3.18. The average molecular weight is 213 g/mol. The minimum Gasteiger partial charge on any atom is -0.400 e. The first-order valence-corrected chi connectivity index (χ1v) is 5.74. The summed E-state index contributed by atoms with van der Waals surface area (Å²) in [6.45, 7) is 2.88. The van der Waals surface area contributed by atoms with E-state index in [0.29, 0.717) is 5.92 Å². The van der Waals surface area contributed by atoms with Crippen molar-refractivity contribution >= 4 is 11.8 Å². The Morgan fingerprint density at radius 1 is 1.44 bits per heavy atom. The SMILES string of the molecule is C/C=c1/cccc2c1=C(N)C1N=NCCC21. The van der Waals surface area contributed by atoms with Crippen molar-refractivity contribution in [2.24, 2.45) is 16.0 Å². The third kappa shape index (κ3) is 1.14. The van der Waals surface area contributed by atoms with Gasteiger partial charge in [-0.15, -0.1) is 0 Å². The molecule has 3 heteroatoms. The van der Waals surface area contributed by atoms with E-state index < -0.39 is 0 Å². The van der Waals surface area contributed by atoms with Crippen LogP contribution in [-0.2, 0) is 0 Å². The number of fused-ring (bicyclic) bond motifs is 3. The van der Waals surface area contributed by atoms with Crippen molar-refractivity contribution in [3.8, 4) is 0 Å². The van der Waals surface area contributed by atoms with Gasteiger partial charge in [0.2, 0.25) is 0 Å². The highest BCUT2D eigenvalue weighted by molar-refractivity contribution is 5.59. The van der Waals surface area contributed by atoms with E-state index in [1.807, 2.05) is 6.92 Å². The Kier molecular flexibility index (Phi) is 2.06. The molecule has 0 aromatic heterocycles. The molecule has 1 aliphatic carbocycles. The summed E-state index contributed by atoms with van der Waals surface area (Å²) in [5.41, 5.74) is 8.48. The summed E-state index contributed by atoms with van der Waals surface area (Å²) in [7, 11) is 0. The van der Waals surface area contributed by atoms with Gasteiger partial charge in [0.05, 0.1) is 6.54 Å². The van der Waals surface area contributed by atoms with Gasteiger partial charge in [-0.1, -0.05) is 24.3 Å². The maximum atomic E-state index is 6.22. The molecule has 0 saturated carbocycles. The highest BCUT2D eigenvalue weighted by Crippen LogP contribution is 2.33. The lowest BCUT2D eigenvalue weighted by Gasteiger charge is -2.20. The second-order valence-corrected chi connectivity index (χ2v) is 4.38. The van der Waals surface area contributed by atoms with E-state index in [0.717, 1.165) is 18.7 Å². The van der Waals surface area contributed by atoms with Crippen LogP contribution in [0.25, 0.3) is 11.8 Å². The van der Waals surface area contributed by atoms with E-state index in [1.165, 1.54) is 16.0 Å². The van der Waals surface area contributed by atoms with Crippen LogP contribution >= 0.6 is 0 Å². The molecule has 82 valence electrons. The molecule has 0 bridgehead atoms. The van der Waals surface area contributed by atoms with E-state index in [2.05, 4.69) is 34.5 Å². The lowest BCUT2D eigenvalue weighted by atomic mass is 9.92. The zero-order chi connectivity index (χ0) is 11.1. The van der Waals surface area contributed by atoms with Crippen molar-refractivity contribution < 1.29 is 0 Å². The summed E-state index contributed by atoms with van der Waals surface area (Å²) in [5.74, 6) is 0.451. The van der Waals surface area contributed by atoms with Gasteiger partial charge in [0.1, 0.15) is 6.04 Å². The zero-order valence-electron chi connectivity index (χ0n) is 9.35. The van der Waals surface area contributed by atoms with Crippen LogP contribution in [0.5, 0.6) is 0 Å². The molecule has 2 unspecified atom stereocenters. The number of hydrogen-bond donors (Lipinski definition) is 1. The van der Waals surface area contributed by atoms with Crippen molar-refractivity contribution in [2.75, 3.05) is 6.54 Å². The molecule has 2 atom stereocenters. The van der Waals surface area contributed by atoms with Gasteiger partial charge in [0.15, 0.2) is 0 Å². The molecule has 0 radical (unpaired) electrons. The Hall–Kier alpha value is -1.64.